The van der Waals surface area contributed by atoms with Crippen molar-refractivity contribution in [3.05, 3.63) is 29.8 Å². The van der Waals surface area contributed by atoms with E-state index >= 15 is 0 Å². The van der Waals surface area contributed by atoms with Crippen LogP contribution in [0.15, 0.2) is 24.3 Å². The van der Waals surface area contributed by atoms with E-state index in [2.05, 4.69) is 16.0 Å². The second-order valence-corrected chi connectivity index (χ2v) is 7.44. The van der Waals surface area contributed by atoms with Crippen LogP contribution in [0.2, 0.25) is 0 Å². The molecule has 0 aromatic heterocycles. The number of anilines is 1. The van der Waals surface area contributed by atoms with E-state index in [0.29, 0.717) is 11.3 Å². The number of hydrogen-bond donors (Lipinski definition) is 3. The van der Waals surface area contributed by atoms with Crippen LogP contribution in [0.25, 0.3) is 0 Å². The molecule has 5 nitrogen and oxygen atoms in total. The maximum atomic E-state index is 12.1. The lowest BCUT2D eigenvalue weighted by atomic mass is 10.1. The average molecular weight is 305 g/mol. The van der Waals surface area contributed by atoms with E-state index in [-0.39, 0.29) is 29.4 Å². The summed E-state index contributed by atoms with van der Waals surface area (Å²) in [4.78, 5) is 24.0. The van der Waals surface area contributed by atoms with Crippen LogP contribution in [0, 0.1) is 0 Å². The Morgan fingerprint density at radius 2 is 1.64 bits per heavy atom. The van der Waals surface area contributed by atoms with Gasteiger partial charge < -0.3 is 16.0 Å². The molecule has 0 aliphatic rings. The van der Waals surface area contributed by atoms with Gasteiger partial charge in [0.1, 0.15) is 0 Å². The SMILES string of the molecule is CC(C)(C)NCC(=O)Nc1cccc(C(=O)NC(C)(C)C)c1. The van der Waals surface area contributed by atoms with E-state index in [9.17, 15) is 9.59 Å². The molecule has 0 radical (unpaired) electrons. The van der Waals surface area contributed by atoms with Crippen molar-refractivity contribution in [3.8, 4) is 0 Å². The lowest BCUT2D eigenvalue weighted by Crippen LogP contribution is -2.41. The van der Waals surface area contributed by atoms with Crippen molar-refractivity contribution in [2.75, 3.05) is 11.9 Å². The molecule has 0 bridgehead atoms. The average Bonchev–Trinajstić information content (AvgIpc) is 2.34. The fourth-order valence-electron chi connectivity index (χ4n) is 1.70. The predicted molar refractivity (Wildman–Crippen MR) is 90.0 cm³/mol. The van der Waals surface area contributed by atoms with Gasteiger partial charge in [0.25, 0.3) is 5.91 Å². The highest BCUT2D eigenvalue weighted by Crippen LogP contribution is 2.12. The Morgan fingerprint density at radius 3 is 2.18 bits per heavy atom. The predicted octanol–water partition coefficient (Wildman–Crippen LogP) is 2.54. The molecule has 5 heteroatoms. The molecule has 0 fully saturated rings. The van der Waals surface area contributed by atoms with Gasteiger partial charge in [0, 0.05) is 22.3 Å². The number of rotatable bonds is 4. The van der Waals surface area contributed by atoms with Gasteiger partial charge in [0.15, 0.2) is 0 Å². The van der Waals surface area contributed by atoms with Gasteiger partial charge in [0.05, 0.1) is 6.54 Å². The Morgan fingerprint density at radius 1 is 1.00 bits per heavy atom. The summed E-state index contributed by atoms with van der Waals surface area (Å²) in [6, 6.07) is 6.92. The quantitative estimate of drug-likeness (QED) is 0.800. The molecule has 0 saturated carbocycles. The molecule has 0 aliphatic carbocycles. The summed E-state index contributed by atoms with van der Waals surface area (Å²) in [5, 5.41) is 8.81. The molecule has 2 amide bonds. The molecule has 1 rings (SSSR count). The van der Waals surface area contributed by atoms with E-state index in [1.165, 1.54) is 0 Å². The van der Waals surface area contributed by atoms with Crippen LogP contribution in [0.5, 0.6) is 0 Å². The number of carbonyl (C=O) groups excluding carboxylic acids is 2. The molecule has 0 atom stereocenters. The Bertz CT molecular complexity index is 540. The molecule has 0 spiro atoms. The fourth-order valence-corrected chi connectivity index (χ4v) is 1.70. The summed E-state index contributed by atoms with van der Waals surface area (Å²) < 4.78 is 0. The molecule has 1 aromatic carbocycles. The summed E-state index contributed by atoms with van der Waals surface area (Å²) in [5.74, 6) is -0.292. The van der Waals surface area contributed by atoms with Crippen LogP contribution in [-0.4, -0.2) is 29.4 Å². The Hall–Kier alpha value is -1.88. The minimum absolute atomic E-state index is 0.119. The number of amides is 2. The summed E-state index contributed by atoms with van der Waals surface area (Å²) in [5.41, 5.74) is 0.720. The minimum Gasteiger partial charge on any atom is -0.347 e. The first-order chi connectivity index (χ1) is 9.96. The first-order valence-electron chi connectivity index (χ1n) is 7.44. The standard InChI is InChI=1S/C17H27N3O2/c1-16(2,3)18-11-14(21)19-13-9-7-8-12(10-13)15(22)20-17(4,5)6/h7-10,18H,11H2,1-6H3,(H,19,21)(H,20,22). The Labute approximate surface area is 132 Å². The Balaban J connectivity index is 2.68. The number of benzene rings is 1. The molecule has 0 aliphatic heterocycles. The van der Waals surface area contributed by atoms with E-state index in [0.717, 1.165) is 0 Å². The maximum Gasteiger partial charge on any atom is 0.251 e. The smallest absolute Gasteiger partial charge is 0.251 e. The third-order valence-corrected chi connectivity index (χ3v) is 2.68. The second-order valence-electron chi connectivity index (χ2n) is 7.44. The summed E-state index contributed by atoms with van der Waals surface area (Å²) in [6.07, 6.45) is 0. The van der Waals surface area contributed by atoms with Crippen LogP contribution in [0.3, 0.4) is 0 Å². The third kappa shape index (κ3) is 7.22. The summed E-state index contributed by atoms with van der Waals surface area (Å²) >= 11 is 0. The molecule has 22 heavy (non-hydrogen) atoms. The lowest BCUT2D eigenvalue weighted by Gasteiger charge is -2.21. The maximum absolute atomic E-state index is 12.1. The normalized spacial score (nSPS) is 11.9. The highest BCUT2D eigenvalue weighted by molar-refractivity contribution is 5.97. The topological polar surface area (TPSA) is 70.2 Å². The first kappa shape index (κ1) is 18.2. The van der Waals surface area contributed by atoms with Crippen molar-refractivity contribution in [3.63, 3.8) is 0 Å². The van der Waals surface area contributed by atoms with Crippen molar-refractivity contribution < 1.29 is 9.59 Å². The summed E-state index contributed by atoms with van der Waals surface area (Å²) in [6.45, 7) is 12.0. The third-order valence-electron chi connectivity index (χ3n) is 2.68. The van der Waals surface area contributed by atoms with Gasteiger partial charge in [-0.1, -0.05) is 6.07 Å². The molecular weight excluding hydrogens is 278 g/mol. The van der Waals surface area contributed by atoms with E-state index in [4.69, 9.17) is 0 Å². The van der Waals surface area contributed by atoms with Crippen LogP contribution >= 0.6 is 0 Å². The van der Waals surface area contributed by atoms with Gasteiger partial charge >= 0.3 is 0 Å². The highest BCUT2D eigenvalue weighted by Gasteiger charge is 2.16. The zero-order valence-corrected chi connectivity index (χ0v) is 14.3. The Kier molecular flexibility index (Phi) is 5.72. The number of carbonyl (C=O) groups is 2. The van der Waals surface area contributed by atoms with Crippen molar-refractivity contribution in [1.29, 1.82) is 0 Å². The lowest BCUT2D eigenvalue weighted by molar-refractivity contribution is -0.115. The molecule has 0 saturated heterocycles. The van der Waals surface area contributed by atoms with Gasteiger partial charge in [-0.15, -0.1) is 0 Å². The number of hydrogen-bond acceptors (Lipinski definition) is 3. The van der Waals surface area contributed by atoms with Gasteiger partial charge in [-0.25, -0.2) is 0 Å². The zero-order valence-electron chi connectivity index (χ0n) is 14.3. The van der Waals surface area contributed by atoms with Gasteiger partial charge in [-0.3, -0.25) is 9.59 Å². The first-order valence-corrected chi connectivity index (χ1v) is 7.44. The van der Waals surface area contributed by atoms with Crippen LogP contribution < -0.4 is 16.0 Å². The van der Waals surface area contributed by atoms with Gasteiger partial charge in [-0.2, -0.15) is 0 Å². The summed E-state index contributed by atoms with van der Waals surface area (Å²) in [7, 11) is 0. The van der Waals surface area contributed by atoms with Crippen LogP contribution in [-0.2, 0) is 4.79 Å². The van der Waals surface area contributed by atoms with Crippen LogP contribution in [0.1, 0.15) is 51.9 Å². The van der Waals surface area contributed by atoms with Crippen molar-refractivity contribution in [2.45, 2.75) is 52.6 Å². The van der Waals surface area contributed by atoms with E-state index < -0.39 is 0 Å². The zero-order chi connectivity index (χ0) is 17.0. The van der Waals surface area contributed by atoms with Gasteiger partial charge in [0.2, 0.25) is 5.91 Å². The molecule has 3 N–H and O–H groups in total. The van der Waals surface area contributed by atoms with Gasteiger partial charge in [-0.05, 0) is 59.7 Å². The monoisotopic (exact) mass is 305 g/mol. The van der Waals surface area contributed by atoms with Crippen molar-refractivity contribution >= 4 is 17.5 Å². The molecule has 0 heterocycles. The fraction of sp³-hybridized carbons (Fsp3) is 0.529. The molecule has 0 unspecified atom stereocenters. The largest absolute Gasteiger partial charge is 0.347 e. The van der Waals surface area contributed by atoms with Crippen LogP contribution in [0.4, 0.5) is 5.69 Å². The van der Waals surface area contributed by atoms with E-state index in [1.807, 2.05) is 41.5 Å². The molecule has 1 aromatic rings. The highest BCUT2D eigenvalue weighted by atomic mass is 16.2. The minimum atomic E-state index is -0.299. The van der Waals surface area contributed by atoms with Crippen molar-refractivity contribution in [2.24, 2.45) is 0 Å². The molecule has 122 valence electrons. The number of nitrogens with one attached hydrogen (secondary N) is 3. The van der Waals surface area contributed by atoms with E-state index in [1.54, 1.807) is 24.3 Å². The molecular formula is C17H27N3O2. The second kappa shape index (κ2) is 6.92. The van der Waals surface area contributed by atoms with Crippen molar-refractivity contribution in [1.82, 2.24) is 10.6 Å².